The van der Waals surface area contributed by atoms with E-state index in [0.29, 0.717) is 0 Å². The summed E-state index contributed by atoms with van der Waals surface area (Å²) in [7, 11) is 0. The van der Waals surface area contributed by atoms with E-state index in [1.54, 1.807) is 11.1 Å². The summed E-state index contributed by atoms with van der Waals surface area (Å²) in [4.78, 5) is 2.45. The van der Waals surface area contributed by atoms with Crippen LogP contribution in [0.5, 0.6) is 0 Å². The van der Waals surface area contributed by atoms with Crippen molar-refractivity contribution in [2.24, 2.45) is 23.7 Å². The molecule has 0 aliphatic heterocycles. The van der Waals surface area contributed by atoms with Gasteiger partial charge >= 0.3 is 0 Å². The minimum absolute atomic E-state index is 0.212. The maximum Gasteiger partial charge on any atom is 0.0540 e. The second-order valence-corrected chi connectivity index (χ2v) is 17.6. The summed E-state index contributed by atoms with van der Waals surface area (Å²) in [5.74, 6) is 3.49. The predicted molar refractivity (Wildman–Crippen MR) is 228 cm³/mol. The number of anilines is 3. The molecule has 4 bridgehead atoms. The second-order valence-electron chi connectivity index (χ2n) is 16.5. The molecule has 1 nitrogen and oxygen atoms in total. The largest absolute Gasteiger partial charge is 0.310 e. The van der Waals surface area contributed by atoms with Gasteiger partial charge in [-0.05, 0) is 137 Å². The Hall–Kier alpha value is -5.44. The lowest BCUT2D eigenvalue weighted by Crippen LogP contribution is -2.55. The molecule has 1 aromatic heterocycles. The molecule has 1 heterocycles. The average Bonchev–Trinajstić information content (AvgIpc) is 3.74. The van der Waals surface area contributed by atoms with Gasteiger partial charge in [0.15, 0.2) is 0 Å². The van der Waals surface area contributed by atoms with Gasteiger partial charge in [-0.1, -0.05) is 121 Å². The molecule has 4 saturated carbocycles. The molecule has 1 spiro atoms. The van der Waals surface area contributed by atoms with Crippen LogP contribution < -0.4 is 4.90 Å². The molecule has 0 atom stereocenters. The van der Waals surface area contributed by atoms with Crippen molar-refractivity contribution in [1.29, 1.82) is 0 Å². The molecule has 54 heavy (non-hydrogen) atoms. The van der Waals surface area contributed by atoms with E-state index in [-0.39, 0.29) is 5.41 Å². The lowest BCUT2D eigenvalue weighted by Gasteiger charge is -2.61. The van der Waals surface area contributed by atoms with Gasteiger partial charge in [0.1, 0.15) is 0 Å². The normalized spacial score (nSPS) is 23.3. The Bertz CT molecular complexity index is 2710. The molecule has 0 amide bonds. The van der Waals surface area contributed by atoms with Crippen LogP contribution in [0.3, 0.4) is 0 Å². The van der Waals surface area contributed by atoms with Gasteiger partial charge in [0.25, 0.3) is 0 Å². The fraction of sp³-hybridized carbons (Fsp3) is 0.192. The highest BCUT2D eigenvalue weighted by Crippen LogP contribution is 2.69. The fourth-order valence-electron chi connectivity index (χ4n) is 12.0. The van der Waals surface area contributed by atoms with E-state index in [1.165, 1.54) is 97.0 Å². The molecule has 0 unspecified atom stereocenters. The first-order chi connectivity index (χ1) is 26.7. The van der Waals surface area contributed by atoms with Crippen LogP contribution in [-0.2, 0) is 5.41 Å². The number of hydrogen-bond donors (Lipinski definition) is 0. The van der Waals surface area contributed by atoms with Crippen LogP contribution >= 0.6 is 11.3 Å². The van der Waals surface area contributed by atoms with Crippen molar-refractivity contribution in [3.63, 3.8) is 0 Å². The summed E-state index contributed by atoms with van der Waals surface area (Å²) in [6, 6.07) is 61.7. The molecule has 2 heteroatoms. The molecule has 5 aliphatic rings. The third-order valence-electron chi connectivity index (χ3n) is 13.9. The Morgan fingerprint density at radius 1 is 0.426 bits per heavy atom. The lowest BCUT2D eigenvalue weighted by molar-refractivity contribution is -0.0399. The van der Waals surface area contributed by atoms with Crippen LogP contribution in [0.15, 0.2) is 164 Å². The van der Waals surface area contributed by atoms with E-state index in [4.69, 9.17) is 0 Å². The first-order valence-electron chi connectivity index (χ1n) is 19.9. The zero-order valence-corrected chi connectivity index (χ0v) is 31.1. The minimum atomic E-state index is 0.212. The quantitative estimate of drug-likeness (QED) is 0.172. The van der Waals surface area contributed by atoms with Crippen LogP contribution in [0.2, 0.25) is 0 Å². The number of nitrogens with zero attached hydrogens (tertiary/aromatic N) is 1. The molecule has 0 radical (unpaired) electrons. The van der Waals surface area contributed by atoms with Crippen LogP contribution in [-0.4, -0.2) is 0 Å². The summed E-state index contributed by atoms with van der Waals surface area (Å²) in [6.07, 6.45) is 7.17. The van der Waals surface area contributed by atoms with E-state index in [2.05, 4.69) is 169 Å². The number of fused-ring (bicyclic) bond motifs is 6. The molecule has 13 rings (SSSR count). The third-order valence-corrected chi connectivity index (χ3v) is 15.0. The van der Waals surface area contributed by atoms with Gasteiger partial charge in [0.05, 0.1) is 5.69 Å². The van der Waals surface area contributed by atoms with Crippen molar-refractivity contribution in [3.8, 4) is 33.4 Å². The van der Waals surface area contributed by atoms with Crippen LogP contribution in [0.25, 0.3) is 53.6 Å². The van der Waals surface area contributed by atoms with Gasteiger partial charge in [-0.3, -0.25) is 0 Å². The summed E-state index contributed by atoms with van der Waals surface area (Å²) < 4.78 is 2.64. The van der Waals surface area contributed by atoms with E-state index >= 15 is 0 Å². The van der Waals surface area contributed by atoms with Gasteiger partial charge in [0, 0.05) is 42.5 Å². The standard InChI is InChI=1S/C52H41NS/c1-2-10-36(11-3-1)42-12-5-8-16-49(42)53(41-23-24-45-44-14-6-9-17-50(44)54-51(45)32-41)40-21-18-35(19-22-40)37-20-25-48-46(31-37)43-13-4-7-15-47(43)52(48)38-27-33-26-34(29-38)30-39(52)28-33/h1-25,31-34,38-39H,26-30H2. The van der Waals surface area contributed by atoms with Crippen LogP contribution in [0, 0.1) is 23.7 Å². The molecule has 0 N–H and O–H groups in total. The smallest absolute Gasteiger partial charge is 0.0540 e. The molecule has 7 aromatic carbocycles. The van der Waals surface area contributed by atoms with Gasteiger partial charge < -0.3 is 4.90 Å². The fourth-order valence-corrected chi connectivity index (χ4v) is 13.1. The average molecular weight is 712 g/mol. The maximum absolute atomic E-state index is 2.55. The first-order valence-corrected chi connectivity index (χ1v) is 20.7. The molecular weight excluding hydrogens is 671 g/mol. The summed E-state index contributed by atoms with van der Waals surface area (Å²) in [5, 5.41) is 2.65. The van der Waals surface area contributed by atoms with Crippen molar-refractivity contribution in [2.45, 2.75) is 37.5 Å². The van der Waals surface area contributed by atoms with Crippen molar-refractivity contribution in [1.82, 2.24) is 0 Å². The molecular formula is C52H41NS. The topological polar surface area (TPSA) is 3.24 Å². The Kier molecular flexibility index (Phi) is 6.75. The van der Waals surface area contributed by atoms with Crippen LogP contribution in [0.1, 0.15) is 43.2 Å². The van der Waals surface area contributed by atoms with Crippen molar-refractivity contribution >= 4 is 48.6 Å². The number of benzene rings is 7. The highest BCUT2D eigenvalue weighted by atomic mass is 32.1. The van der Waals surface area contributed by atoms with Crippen molar-refractivity contribution < 1.29 is 0 Å². The monoisotopic (exact) mass is 711 g/mol. The Morgan fingerprint density at radius 3 is 1.87 bits per heavy atom. The van der Waals surface area contributed by atoms with E-state index in [9.17, 15) is 0 Å². The highest BCUT2D eigenvalue weighted by Gasteiger charge is 2.61. The zero-order valence-electron chi connectivity index (χ0n) is 30.3. The van der Waals surface area contributed by atoms with Gasteiger partial charge in [-0.25, -0.2) is 0 Å². The third kappa shape index (κ3) is 4.44. The summed E-state index contributed by atoms with van der Waals surface area (Å²) >= 11 is 1.88. The second kappa shape index (κ2) is 11.8. The zero-order chi connectivity index (χ0) is 35.4. The predicted octanol–water partition coefficient (Wildman–Crippen LogP) is 14.6. The Balaban J connectivity index is 0.972. The number of rotatable bonds is 5. The minimum Gasteiger partial charge on any atom is -0.310 e. The van der Waals surface area contributed by atoms with E-state index in [1.807, 2.05) is 11.3 Å². The number of hydrogen-bond acceptors (Lipinski definition) is 2. The summed E-state index contributed by atoms with van der Waals surface area (Å²) in [6.45, 7) is 0. The highest BCUT2D eigenvalue weighted by molar-refractivity contribution is 7.25. The molecule has 260 valence electrons. The van der Waals surface area contributed by atoms with Crippen LogP contribution in [0.4, 0.5) is 17.1 Å². The number of para-hydroxylation sites is 1. The van der Waals surface area contributed by atoms with E-state index in [0.717, 1.165) is 29.4 Å². The first kappa shape index (κ1) is 31.0. The molecule has 5 aliphatic carbocycles. The lowest BCUT2D eigenvalue weighted by atomic mass is 9.43. The van der Waals surface area contributed by atoms with Crippen molar-refractivity contribution in [3.05, 3.63) is 175 Å². The molecule has 8 aromatic rings. The van der Waals surface area contributed by atoms with Gasteiger partial charge in [-0.2, -0.15) is 0 Å². The van der Waals surface area contributed by atoms with Gasteiger partial charge in [-0.15, -0.1) is 11.3 Å². The maximum atomic E-state index is 2.55. The van der Waals surface area contributed by atoms with Gasteiger partial charge in [0.2, 0.25) is 0 Å². The van der Waals surface area contributed by atoms with Crippen molar-refractivity contribution in [2.75, 3.05) is 4.90 Å². The summed E-state index contributed by atoms with van der Waals surface area (Å²) in [5.41, 5.74) is 14.9. The molecule has 4 fully saturated rings. The molecule has 0 saturated heterocycles. The number of thiophene rings is 1. The van der Waals surface area contributed by atoms with E-state index < -0.39 is 0 Å². The SMILES string of the molecule is c1ccc(-c2ccccc2N(c2ccc(-c3ccc4c(c3)-c3ccccc3C43C4CC5CC(C4)CC3C5)cc2)c2ccc3c(c2)sc2ccccc23)cc1. The Labute approximate surface area is 321 Å². The Morgan fingerprint density at radius 2 is 1.06 bits per heavy atom.